The molecule has 3 aromatic rings. The Balaban J connectivity index is 1.59. The summed E-state index contributed by atoms with van der Waals surface area (Å²) in [6.45, 7) is 9.58. The Morgan fingerprint density at radius 1 is 1.19 bits per heavy atom. The van der Waals surface area contributed by atoms with Gasteiger partial charge in [-0.1, -0.05) is 6.07 Å². The molecule has 2 N–H and O–H groups in total. The largest absolute Gasteiger partial charge is 0.439 e. The van der Waals surface area contributed by atoms with E-state index in [4.69, 9.17) is 4.74 Å². The molecule has 1 aromatic carbocycles. The van der Waals surface area contributed by atoms with Crippen LogP contribution in [0, 0.1) is 19.7 Å². The smallest absolute Gasteiger partial charge is 0.219 e. The highest BCUT2D eigenvalue weighted by Gasteiger charge is 2.14. The second kappa shape index (κ2) is 10.7. The molecule has 0 aliphatic rings. The van der Waals surface area contributed by atoms with E-state index in [1.165, 1.54) is 23.4 Å². The summed E-state index contributed by atoms with van der Waals surface area (Å²) in [5.41, 5.74) is 4.48. The molecule has 1 unspecified atom stereocenters. The third kappa shape index (κ3) is 6.29. The summed E-state index contributed by atoms with van der Waals surface area (Å²) in [6.07, 6.45) is 2.60. The second-order valence-electron chi connectivity index (χ2n) is 7.78. The Hall–Kier alpha value is -3.42. The monoisotopic (exact) mass is 438 g/mol. The zero-order chi connectivity index (χ0) is 23.1. The van der Waals surface area contributed by atoms with Crippen molar-refractivity contribution in [3.8, 4) is 11.6 Å². The van der Waals surface area contributed by atoms with Gasteiger partial charge in [-0.05, 0) is 69.5 Å². The molecule has 2 heterocycles. The van der Waals surface area contributed by atoms with Crippen molar-refractivity contribution in [2.24, 2.45) is 12.0 Å². The van der Waals surface area contributed by atoms with E-state index in [0.717, 1.165) is 30.2 Å². The summed E-state index contributed by atoms with van der Waals surface area (Å²) in [5, 5.41) is 11.3. The zero-order valence-corrected chi connectivity index (χ0v) is 19.3. The van der Waals surface area contributed by atoms with E-state index in [1.54, 1.807) is 24.4 Å². The third-order valence-electron chi connectivity index (χ3n) is 5.15. The van der Waals surface area contributed by atoms with E-state index in [2.05, 4.69) is 39.6 Å². The highest BCUT2D eigenvalue weighted by molar-refractivity contribution is 5.80. The molecular formula is C24H31FN6O. The van der Waals surface area contributed by atoms with Crippen molar-refractivity contribution < 1.29 is 9.13 Å². The normalized spacial score (nSPS) is 12.5. The first-order valence-electron chi connectivity index (χ1n) is 10.8. The van der Waals surface area contributed by atoms with Gasteiger partial charge < -0.3 is 15.4 Å². The number of nitrogens with one attached hydrogen (secondary N) is 2. The molecule has 0 saturated carbocycles. The molecule has 0 aliphatic heterocycles. The number of pyridine rings is 1. The maximum Gasteiger partial charge on any atom is 0.219 e. The van der Waals surface area contributed by atoms with E-state index >= 15 is 0 Å². The summed E-state index contributed by atoms with van der Waals surface area (Å²) >= 11 is 0. The predicted octanol–water partition coefficient (Wildman–Crippen LogP) is 4.05. The minimum atomic E-state index is -0.302. The minimum Gasteiger partial charge on any atom is -0.439 e. The molecule has 8 heteroatoms. The molecule has 32 heavy (non-hydrogen) atoms. The Morgan fingerprint density at radius 3 is 2.53 bits per heavy atom. The summed E-state index contributed by atoms with van der Waals surface area (Å²) in [4.78, 5) is 9.01. The molecule has 0 bridgehead atoms. The van der Waals surface area contributed by atoms with E-state index in [9.17, 15) is 4.39 Å². The predicted molar refractivity (Wildman–Crippen MR) is 125 cm³/mol. The van der Waals surface area contributed by atoms with Gasteiger partial charge in [-0.25, -0.2) is 14.4 Å². The van der Waals surface area contributed by atoms with Crippen molar-refractivity contribution in [3.63, 3.8) is 0 Å². The number of benzene rings is 1. The topological polar surface area (TPSA) is 76.4 Å². The molecule has 0 amide bonds. The quantitative estimate of drug-likeness (QED) is 0.410. The van der Waals surface area contributed by atoms with Crippen LogP contribution in [0.2, 0.25) is 0 Å². The van der Waals surface area contributed by atoms with Crippen LogP contribution in [0.25, 0.3) is 0 Å². The average Bonchev–Trinajstić information content (AvgIpc) is 3.00. The molecule has 7 nitrogen and oxygen atoms in total. The number of rotatable bonds is 8. The molecule has 0 radical (unpaired) electrons. The van der Waals surface area contributed by atoms with Gasteiger partial charge in [0.1, 0.15) is 11.6 Å². The van der Waals surface area contributed by atoms with Crippen LogP contribution < -0.4 is 15.4 Å². The van der Waals surface area contributed by atoms with Crippen LogP contribution in [-0.2, 0) is 20.0 Å². The SMILES string of the molecule is CCNC(=NCc1ccc(Oc2ccc(F)cc2)nc1)NC(C)Cc1c(C)nn(C)c1C. The number of ether oxygens (including phenoxy) is 1. The molecular weight excluding hydrogens is 407 g/mol. The first-order valence-corrected chi connectivity index (χ1v) is 10.8. The standard InChI is InChI=1S/C24H31FN6O/c1-6-26-24(29-16(2)13-22-17(3)30-31(5)18(22)4)28-15-19-7-12-23(27-14-19)32-21-10-8-20(25)9-11-21/h7-12,14,16H,6,13,15H2,1-5H3,(H2,26,28,29). The van der Waals surface area contributed by atoms with Gasteiger partial charge >= 0.3 is 0 Å². The lowest BCUT2D eigenvalue weighted by atomic mass is 10.1. The average molecular weight is 439 g/mol. The lowest BCUT2D eigenvalue weighted by Gasteiger charge is -2.18. The molecule has 3 rings (SSSR count). The van der Waals surface area contributed by atoms with E-state index in [1.807, 2.05) is 31.6 Å². The minimum absolute atomic E-state index is 0.194. The number of hydrogen-bond acceptors (Lipinski definition) is 4. The van der Waals surface area contributed by atoms with Gasteiger partial charge in [-0.15, -0.1) is 0 Å². The number of guanidine groups is 1. The number of aryl methyl sites for hydroxylation is 2. The molecule has 2 aromatic heterocycles. The van der Waals surface area contributed by atoms with Gasteiger partial charge in [-0.3, -0.25) is 4.68 Å². The highest BCUT2D eigenvalue weighted by atomic mass is 19.1. The fourth-order valence-electron chi connectivity index (χ4n) is 3.38. The van der Waals surface area contributed by atoms with Gasteiger partial charge in [0.2, 0.25) is 5.88 Å². The Morgan fingerprint density at radius 2 is 1.94 bits per heavy atom. The first-order chi connectivity index (χ1) is 15.4. The van der Waals surface area contributed by atoms with Crippen LogP contribution in [0.4, 0.5) is 4.39 Å². The van der Waals surface area contributed by atoms with Crippen molar-refractivity contribution in [3.05, 3.63) is 70.9 Å². The maximum atomic E-state index is 13.0. The molecule has 0 fully saturated rings. The van der Waals surface area contributed by atoms with Gasteiger partial charge in [0.25, 0.3) is 0 Å². The lowest BCUT2D eigenvalue weighted by Crippen LogP contribution is -2.43. The third-order valence-corrected chi connectivity index (χ3v) is 5.15. The van der Waals surface area contributed by atoms with E-state index in [-0.39, 0.29) is 11.9 Å². The zero-order valence-electron chi connectivity index (χ0n) is 19.3. The second-order valence-corrected chi connectivity index (χ2v) is 7.78. The van der Waals surface area contributed by atoms with Crippen molar-refractivity contribution in [2.45, 2.75) is 46.7 Å². The summed E-state index contributed by atoms with van der Waals surface area (Å²) in [5.74, 6) is 1.44. The van der Waals surface area contributed by atoms with Crippen LogP contribution in [0.3, 0.4) is 0 Å². The van der Waals surface area contributed by atoms with Crippen LogP contribution in [0.5, 0.6) is 11.6 Å². The van der Waals surface area contributed by atoms with Crippen LogP contribution in [-0.4, -0.2) is 33.3 Å². The van der Waals surface area contributed by atoms with Gasteiger partial charge in [0, 0.05) is 37.6 Å². The van der Waals surface area contributed by atoms with Crippen LogP contribution >= 0.6 is 0 Å². The summed E-state index contributed by atoms with van der Waals surface area (Å²) in [7, 11) is 1.97. The first kappa shape index (κ1) is 23.2. The molecule has 0 spiro atoms. The van der Waals surface area contributed by atoms with E-state index < -0.39 is 0 Å². The highest BCUT2D eigenvalue weighted by Crippen LogP contribution is 2.19. The van der Waals surface area contributed by atoms with Gasteiger partial charge in [0.05, 0.1) is 12.2 Å². The lowest BCUT2D eigenvalue weighted by molar-refractivity contribution is 0.461. The van der Waals surface area contributed by atoms with Crippen molar-refractivity contribution in [1.82, 2.24) is 25.4 Å². The van der Waals surface area contributed by atoms with Gasteiger partial charge in [-0.2, -0.15) is 5.10 Å². The van der Waals surface area contributed by atoms with Crippen molar-refractivity contribution >= 4 is 5.96 Å². The number of aromatic nitrogens is 3. The number of nitrogens with zero attached hydrogens (tertiary/aromatic N) is 4. The van der Waals surface area contributed by atoms with Crippen molar-refractivity contribution in [1.29, 1.82) is 0 Å². The van der Waals surface area contributed by atoms with E-state index in [0.29, 0.717) is 18.2 Å². The summed E-state index contributed by atoms with van der Waals surface area (Å²) in [6, 6.07) is 9.74. The van der Waals surface area contributed by atoms with Crippen LogP contribution in [0.15, 0.2) is 47.6 Å². The molecule has 1 atom stereocenters. The Kier molecular flexibility index (Phi) is 7.81. The fourth-order valence-corrected chi connectivity index (χ4v) is 3.38. The van der Waals surface area contributed by atoms with Crippen LogP contribution in [0.1, 0.15) is 36.4 Å². The number of halogens is 1. The fraction of sp³-hybridized carbons (Fsp3) is 0.375. The number of aliphatic imine (C=N–C) groups is 1. The maximum absolute atomic E-state index is 13.0. The Labute approximate surface area is 188 Å². The Bertz CT molecular complexity index is 1040. The summed E-state index contributed by atoms with van der Waals surface area (Å²) < 4.78 is 20.6. The number of hydrogen-bond donors (Lipinski definition) is 2. The molecule has 0 aliphatic carbocycles. The molecule has 0 saturated heterocycles. The van der Waals surface area contributed by atoms with Gasteiger partial charge in [0.15, 0.2) is 5.96 Å². The van der Waals surface area contributed by atoms with Crippen molar-refractivity contribution in [2.75, 3.05) is 6.54 Å². The molecule has 170 valence electrons.